The Morgan fingerprint density at radius 2 is 1.95 bits per heavy atom. The van der Waals surface area contributed by atoms with Crippen LogP contribution in [0, 0.1) is 18.7 Å². The van der Waals surface area contributed by atoms with Crippen LogP contribution in [0.2, 0.25) is 0 Å². The van der Waals surface area contributed by atoms with Gasteiger partial charge in [0.15, 0.2) is 11.5 Å². The number of benzene rings is 1. The second-order valence-electron chi connectivity index (χ2n) is 11.9. The monoisotopic (exact) mass is 605 g/mol. The van der Waals surface area contributed by atoms with Crippen molar-refractivity contribution >= 4 is 52.4 Å². The van der Waals surface area contributed by atoms with Crippen molar-refractivity contribution in [2.75, 3.05) is 30.8 Å². The van der Waals surface area contributed by atoms with Crippen LogP contribution in [0.15, 0.2) is 48.8 Å². The number of hydrogen-bond acceptors (Lipinski definition) is 7. The lowest BCUT2D eigenvalue weighted by molar-refractivity contribution is 0.0270. The number of anilines is 1. The molecule has 43 heavy (non-hydrogen) atoms. The van der Waals surface area contributed by atoms with Crippen molar-refractivity contribution in [2.24, 2.45) is 5.92 Å². The van der Waals surface area contributed by atoms with Gasteiger partial charge < -0.3 is 24.1 Å². The molecule has 1 atom stereocenters. The maximum atomic E-state index is 14.7. The maximum absolute atomic E-state index is 14.7. The van der Waals surface area contributed by atoms with Gasteiger partial charge in [0.1, 0.15) is 5.60 Å². The topological polar surface area (TPSA) is 98.1 Å². The van der Waals surface area contributed by atoms with Crippen LogP contribution in [0.1, 0.15) is 55.7 Å². The van der Waals surface area contributed by atoms with Gasteiger partial charge in [-0.2, -0.15) is 12.6 Å². The molecule has 0 aliphatic carbocycles. The molecule has 5 rings (SSSR count). The molecule has 11 heteroatoms. The summed E-state index contributed by atoms with van der Waals surface area (Å²) in [5, 5.41) is 3.59. The molecule has 1 aliphatic heterocycles. The molecule has 0 bridgehead atoms. The van der Waals surface area contributed by atoms with Crippen LogP contribution in [-0.4, -0.2) is 62.3 Å². The molecule has 1 aliphatic rings. The zero-order chi connectivity index (χ0) is 30.9. The number of ether oxygens (including phenoxy) is 2. The molecule has 1 aromatic carbocycles. The lowest BCUT2D eigenvalue weighted by Gasteiger charge is -2.30. The molecular weight excluding hydrogens is 569 g/mol. The van der Waals surface area contributed by atoms with Crippen molar-refractivity contribution < 1.29 is 23.5 Å². The Hall–Kier alpha value is -4.12. The second kappa shape index (κ2) is 12.2. The van der Waals surface area contributed by atoms with Crippen LogP contribution in [0.5, 0.6) is 5.88 Å². The van der Waals surface area contributed by atoms with E-state index >= 15 is 0 Å². The normalized spacial score (nSPS) is 14.5. The molecule has 226 valence electrons. The highest BCUT2D eigenvalue weighted by Crippen LogP contribution is 2.33. The van der Waals surface area contributed by atoms with Crippen molar-refractivity contribution in [3.63, 3.8) is 0 Å². The zero-order valence-corrected chi connectivity index (χ0v) is 25.9. The van der Waals surface area contributed by atoms with Gasteiger partial charge >= 0.3 is 6.09 Å². The highest BCUT2D eigenvalue weighted by molar-refractivity contribution is 7.80. The van der Waals surface area contributed by atoms with E-state index in [1.807, 2.05) is 45.9 Å². The van der Waals surface area contributed by atoms with Crippen LogP contribution >= 0.6 is 12.6 Å². The van der Waals surface area contributed by atoms with Crippen LogP contribution in [0.25, 0.3) is 22.1 Å². The summed E-state index contributed by atoms with van der Waals surface area (Å²) in [6.07, 6.45) is 5.58. The Kier molecular flexibility index (Phi) is 8.64. The summed E-state index contributed by atoms with van der Waals surface area (Å²) < 4.78 is 27.7. The predicted molar refractivity (Wildman–Crippen MR) is 168 cm³/mol. The number of amides is 2. The average molecular weight is 606 g/mol. The van der Waals surface area contributed by atoms with E-state index in [9.17, 15) is 14.0 Å². The molecule has 0 saturated carbocycles. The van der Waals surface area contributed by atoms with Crippen molar-refractivity contribution in [2.45, 2.75) is 46.6 Å². The quantitative estimate of drug-likeness (QED) is 0.232. The van der Waals surface area contributed by atoms with Crippen LogP contribution in [0.4, 0.5) is 14.9 Å². The molecule has 4 heterocycles. The van der Waals surface area contributed by atoms with Crippen LogP contribution in [0.3, 0.4) is 0 Å². The Balaban J connectivity index is 1.48. The standard InChI is InChI=1S/C32H36FN5O4S/c1-19(18-43)17-41-27-9-8-24-23(21-10-12-37(13-11-21)31(40)42-32(3,4)5)6-7-25(28(24)36-27)30(39)35-22-14-26(33)29-34-20(2)15-38(29)16-22/h6-10,14-16,19,43H,11-13,17-18H2,1-5H3,(H,35,39). The summed E-state index contributed by atoms with van der Waals surface area (Å²) in [7, 11) is 0. The van der Waals surface area contributed by atoms with E-state index < -0.39 is 17.3 Å². The minimum Gasteiger partial charge on any atom is -0.477 e. The van der Waals surface area contributed by atoms with E-state index in [1.54, 1.807) is 40.8 Å². The number of rotatable bonds is 7. The highest BCUT2D eigenvalue weighted by atomic mass is 32.1. The van der Waals surface area contributed by atoms with Crippen molar-refractivity contribution in [3.05, 3.63) is 71.4 Å². The smallest absolute Gasteiger partial charge is 0.410 e. The molecule has 9 nitrogen and oxygen atoms in total. The number of pyridine rings is 2. The number of fused-ring (bicyclic) bond motifs is 2. The third kappa shape index (κ3) is 6.93. The summed E-state index contributed by atoms with van der Waals surface area (Å²) in [5.74, 6) is 0.295. The van der Waals surface area contributed by atoms with E-state index in [-0.39, 0.29) is 23.3 Å². The predicted octanol–water partition coefficient (Wildman–Crippen LogP) is 6.55. The van der Waals surface area contributed by atoms with Gasteiger partial charge in [0.2, 0.25) is 5.88 Å². The van der Waals surface area contributed by atoms with Crippen LogP contribution < -0.4 is 10.1 Å². The van der Waals surface area contributed by atoms with Gasteiger partial charge in [-0.25, -0.2) is 19.2 Å². The zero-order valence-electron chi connectivity index (χ0n) is 25.0. The van der Waals surface area contributed by atoms with Gasteiger partial charge in [-0.15, -0.1) is 0 Å². The first-order valence-electron chi connectivity index (χ1n) is 14.2. The summed E-state index contributed by atoms with van der Waals surface area (Å²) in [6, 6.07) is 8.55. The SMILES string of the molecule is Cc1cn2cc(NC(=O)c3ccc(C4=CCN(C(=O)OC(C)(C)C)CC4)c4ccc(OCC(C)CS)nc34)cc(F)c2n1. The van der Waals surface area contributed by atoms with Gasteiger partial charge in [0.25, 0.3) is 5.91 Å². The van der Waals surface area contributed by atoms with E-state index in [0.717, 1.165) is 16.5 Å². The summed E-state index contributed by atoms with van der Waals surface area (Å²) in [4.78, 5) is 36.8. The molecule has 0 fully saturated rings. The number of halogens is 1. The van der Waals surface area contributed by atoms with Crippen molar-refractivity contribution in [3.8, 4) is 5.88 Å². The molecule has 4 aromatic rings. The fraction of sp³-hybridized carbons (Fsp3) is 0.375. The molecule has 0 saturated heterocycles. The number of nitrogens with zero attached hydrogens (tertiary/aromatic N) is 4. The fourth-order valence-corrected chi connectivity index (χ4v) is 4.98. The fourth-order valence-electron chi connectivity index (χ4n) is 4.88. The third-order valence-electron chi connectivity index (χ3n) is 7.00. The molecule has 0 spiro atoms. The van der Waals surface area contributed by atoms with Crippen LogP contribution in [-0.2, 0) is 4.74 Å². The first-order chi connectivity index (χ1) is 20.4. The minimum atomic E-state index is -0.570. The van der Waals surface area contributed by atoms with E-state index in [1.165, 1.54) is 6.07 Å². The van der Waals surface area contributed by atoms with Gasteiger partial charge in [-0.3, -0.25) is 4.79 Å². The van der Waals surface area contributed by atoms with Gasteiger partial charge in [0.05, 0.1) is 29.1 Å². The second-order valence-corrected chi connectivity index (χ2v) is 12.2. The Labute approximate surface area is 255 Å². The third-order valence-corrected chi connectivity index (χ3v) is 7.62. The Morgan fingerprint density at radius 1 is 1.16 bits per heavy atom. The Bertz CT molecular complexity index is 1730. The first-order valence-corrected chi connectivity index (χ1v) is 14.9. The van der Waals surface area contributed by atoms with Crippen molar-refractivity contribution in [1.29, 1.82) is 0 Å². The first kappa shape index (κ1) is 30.3. The lowest BCUT2D eigenvalue weighted by Crippen LogP contribution is -2.39. The number of nitrogens with one attached hydrogen (secondary N) is 1. The number of imidazole rings is 1. The van der Waals surface area contributed by atoms with Crippen molar-refractivity contribution in [1.82, 2.24) is 19.3 Å². The lowest BCUT2D eigenvalue weighted by atomic mass is 9.93. The average Bonchev–Trinajstić information content (AvgIpc) is 3.35. The van der Waals surface area contributed by atoms with E-state index in [4.69, 9.17) is 14.5 Å². The van der Waals surface area contributed by atoms with E-state index in [2.05, 4.69) is 22.9 Å². The molecule has 2 amide bonds. The summed E-state index contributed by atoms with van der Waals surface area (Å²) in [5.41, 5.74) is 3.31. The number of hydrogen-bond donors (Lipinski definition) is 2. The van der Waals surface area contributed by atoms with Gasteiger partial charge in [-0.05, 0) is 69.1 Å². The molecule has 0 radical (unpaired) electrons. The van der Waals surface area contributed by atoms with Gasteiger partial charge in [-0.1, -0.05) is 19.1 Å². The number of carbonyl (C=O) groups excluding carboxylic acids is 2. The van der Waals surface area contributed by atoms with Gasteiger partial charge in [0, 0.05) is 43.0 Å². The number of thiol groups is 1. The summed E-state index contributed by atoms with van der Waals surface area (Å²) >= 11 is 4.33. The molecule has 3 aromatic heterocycles. The number of aryl methyl sites for hydroxylation is 1. The molecule has 1 N–H and O–H groups in total. The minimum absolute atomic E-state index is 0.190. The highest BCUT2D eigenvalue weighted by Gasteiger charge is 2.25. The summed E-state index contributed by atoms with van der Waals surface area (Å²) in [6.45, 7) is 10.7. The molecular formula is C32H36FN5O4S. The molecule has 1 unspecified atom stereocenters. The maximum Gasteiger partial charge on any atom is 0.410 e. The number of carbonyl (C=O) groups is 2. The van der Waals surface area contributed by atoms with E-state index in [0.29, 0.717) is 54.5 Å². The Morgan fingerprint density at radius 3 is 2.65 bits per heavy atom. The number of aromatic nitrogens is 3. The largest absolute Gasteiger partial charge is 0.477 e.